The summed E-state index contributed by atoms with van der Waals surface area (Å²) in [5, 5.41) is 2.89. The molecule has 3 heterocycles. The summed E-state index contributed by atoms with van der Waals surface area (Å²) in [6.45, 7) is 4.74. The number of piperazine rings is 1. The third kappa shape index (κ3) is 5.55. The Balaban J connectivity index is 1.22. The van der Waals surface area contributed by atoms with E-state index in [-0.39, 0.29) is 29.7 Å². The maximum atomic E-state index is 14.1. The van der Waals surface area contributed by atoms with Crippen molar-refractivity contribution in [1.29, 1.82) is 0 Å². The van der Waals surface area contributed by atoms with E-state index >= 15 is 0 Å². The van der Waals surface area contributed by atoms with Crippen LogP contribution in [0.5, 0.6) is 0 Å². The van der Waals surface area contributed by atoms with Crippen molar-refractivity contribution >= 4 is 46.4 Å². The zero-order chi connectivity index (χ0) is 26.1. The molecular weight excluding hydrogens is 532 g/mol. The molecule has 0 radical (unpaired) electrons. The van der Waals surface area contributed by atoms with E-state index in [9.17, 15) is 14.0 Å². The van der Waals surface area contributed by atoms with Crippen LogP contribution in [0.3, 0.4) is 0 Å². The molecule has 0 unspecified atom stereocenters. The molecule has 37 heavy (non-hydrogen) atoms. The Bertz CT molecular complexity index is 1320. The molecule has 5 rings (SSSR count). The lowest BCUT2D eigenvalue weighted by molar-refractivity contribution is -0.134. The average molecular weight is 561 g/mol. The molecule has 0 spiro atoms. The first-order chi connectivity index (χ1) is 17.8. The van der Waals surface area contributed by atoms with Gasteiger partial charge < -0.3 is 9.80 Å². The minimum Gasteiger partial charge on any atom is -0.339 e. The monoisotopic (exact) mass is 559 g/mol. The zero-order valence-electron chi connectivity index (χ0n) is 20.5. The number of amides is 2. The summed E-state index contributed by atoms with van der Waals surface area (Å²) in [7, 11) is 0. The lowest BCUT2D eigenvalue weighted by Gasteiger charge is -2.41. The maximum absolute atomic E-state index is 14.1. The summed E-state index contributed by atoms with van der Waals surface area (Å²) in [5.74, 6) is -0.339. The molecule has 2 aliphatic rings. The summed E-state index contributed by atoms with van der Waals surface area (Å²) in [6, 6.07) is 13.5. The van der Waals surface area contributed by atoms with Crippen LogP contribution in [0.2, 0.25) is 10.0 Å². The number of halogens is 3. The highest BCUT2D eigenvalue weighted by molar-refractivity contribution is 7.10. The molecule has 0 N–H and O–H groups in total. The topological polar surface area (TPSA) is 43.9 Å². The number of rotatable bonds is 5. The Labute approximate surface area is 230 Å². The number of thiophene rings is 1. The molecule has 0 saturated carbocycles. The van der Waals surface area contributed by atoms with Crippen molar-refractivity contribution in [1.82, 2.24) is 14.7 Å². The highest BCUT2D eigenvalue weighted by Gasteiger charge is 2.33. The van der Waals surface area contributed by atoms with Crippen molar-refractivity contribution in [3.8, 4) is 0 Å². The molecule has 0 bridgehead atoms. The Morgan fingerprint density at radius 2 is 1.92 bits per heavy atom. The van der Waals surface area contributed by atoms with Crippen molar-refractivity contribution < 1.29 is 14.0 Å². The lowest BCUT2D eigenvalue weighted by Crippen LogP contribution is -2.55. The van der Waals surface area contributed by atoms with Crippen LogP contribution in [-0.2, 0) is 11.2 Å². The molecule has 1 fully saturated rings. The molecule has 2 amide bonds. The van der Waals surface area contributed by atoms with Crippen LogP contribution < -0.4 is 0 Å². The number of hydrogen-bond donors (Lipinski definition) is 0. The number of benzene rings is 2. The van der Waals surface area contributed by atoms with Gasteiger partial charge in [0.15, 0.2) is 0 Å². The lowest BCUT2D eigenvalue weighted by atomic mass is 9.93. The highest BCUT2D eigenvalue weighted by Crippen LogP contribution is 2.38. The van der Waals surface area contributed by atoms with Gasteiger partial charge in [-0.3, -0.25) is 14.5 Å². The van der Waals surface area contributed by atoms with Crippen LogP contribution in [0.25, 0.3) is 0 Å². The van der Waals surface area contributed by atoms with Crippen LogP contribution in [-0.4, -0.2) is 65.3 Å². The van der Waals surface area contributed by atoms with Gasteiger partial charge in [-0.15, -0.1) is 11.3 Å². The first kappa shape index (κ1) is 26.2. The molecule has 0 aliphatic carbocycles. The Kier molecular flexibility index (Phi) is 7.86. The first-order valence-corrected chi connectivity index (χ1v) is 14.0. The second-order valence-corrected chi connectivity index (χ2v) is 11.4. The van der Waals surface area contributed by atoms with Crippen LogP contribution in [0.4, 0.5) is 4.39 Å². The van der Waals surface area contributed by atoms with Gasteiger partial charge in [0.2, 0.25) is 5.91 Å². The quantitative estimate of drug-likeness (QED) is 0.390. The Morgan fingerprint density at radius 3 is 2.68 bits per heavy atom. The second-order valence-electron chi connectivity index (χ2n) is 9.60. The summed E-state index contributed by atoms with van der Waals surface area (Å²) < 4.78 is 14.1. The molecule has 1 saturated heterocycles. The molecule has 5 nitrogen and oxygen atoms in total. The molecule has 2 aliphatic heterocycles. The van der Waals surface area contributed by atoms with E-state index in [1.165, 1.54) is 16.5 Å². The van der Waals surface area contributed by atoms with Crippen molar-refractivity contribution in [3.63, 3.8) is 0 Å². The summed E-state index contributed by atoms with van der Waals surface area (Å²) in [6.07, 6.45) is 1.30. The Hall–Kier alpha value is -2.45. The third-order valence-electron chi connectivity index (χ3n) is 7.25. The van der Waals surface area contributed by atoms with E-state index in [0.717, 1.165) is 18.5 Å². The summed E-state index contributed by atoms with van der Waals surface area (Å²) >= 11 is 14.0. The number of nitrogens with zero attached hydrogens (tertiary/aromatic N) is 3. The molecule has 2 aromatic carbocycles. The molecule has 194 valence electrons. The minimum absolute atomic E-state index is 0.0592. The fourth-order valence-electron chi connectivity index (χ4n) is 5.38. The highest BCUT2D eigenvalue weighted by atomic mass is 35.5. The maximum Gasteiger partial charge on any atom is 0.255 e. The van der Waals surface area contributed by atoms with Crippen molar-refractivity contribution in [2.24, 2.45) is 0 Å². The predicted molar refractivity (Wildman–Crippen MR) is 146 cm³/mol. The molecular formula is C28H28Cl2FN3O2S. The van der Waals surface area contributed by atoms with Gasteiger partial charge in [-0.05, 0) is 66.2 Å². The molecule has 3 aromatic rings. The summed E-state index contributed by atoms with van der Waals surface area (Å²) in [4.78, 5) is 33.5. The van der Waals surface area contributed by atoms with E-state index in [2.05, 4.69) is 16.3 Å². The fraction of sp³-hybridized carbons (Fsp3) is 0.357. The SMILES string of the molecule is C[C@H]1CN(C(=O)CCN2CCc3sccc3[C@@H]2c2cccc(F)c2)CCN1C(=O)c1ccc(Cl)cc1Cl. The van der Waals surface area contributed by atoms with Gasteiger partial charge in [-0.2, -0.15) is 0 Å². The largest absolute Gasteiger partial charge is 0.339 e. The van der Waals surface area contributed by atoms with Gasteiger partial charge in [0.1, 0.15) is 5.82 Å². The van der Waals surface area contributed by atoms with E-state index in [0.29, 0.717) is 48.2 Å². The van der Waals surface area contributed by atoms with E-state index in [1.807, 2.05) is 17.9 Å². The molecule has 2 atom stereocenters. The van der Waals surface area contributed by atoms with E-state index in [1.54, 1.807) is 46.6 Å². The van der Waals surface area contributed by atoms with Crippen LogP contribution in [0.1, 0.15) is 45.7 Å². The van der Waals surface area contributed by atoms with E-state index < -0.39 is 0 Å². The first-order valence-electron chi connectivity index (χ1n) is 12.4. The van der Waals surface area contributed by atoms with Crippen LogP contribution in [0.15, 0.2) is 53.9 Å². The predicted octanol–water partition coefficient (Wildman–Crippen LogP) is 5.90. The Morgan fingerprint density at radius 1 is 1.08 bits per heavy atom. The van der Waals surface area contributed by atoms with E-state index in [4.69, 9.17) is 23.2 Å². The van der Waals surface area contributed by atoms with Crippen LogP contribution in [0, 0.1) is 5.82 Å². The van der Waals surface area contributed by atoms with Gasteiger partial charge in [0.05, 0.1) is 16.6 Å². The minimum atomic E-state index is -0.253. The van der Waals surface area contributed by atoms with Crippen molar-refractivity contribution in [2.75, 3.05) is 32.7 Å². The van der Waals surface area contributed by atoms with Gasteiger partial charge in [-0.25, -0.2) is 4.39 Å². The van der Waals surface area contributed by atoms with Crippen molar-refractivity contribution in [2.45, 2.75) is 31.8 Å². The van der Waals surface area contributed by atoms with Crippen LogP contribution >= 0.6 is 34.5 Å². The number of fused-ring (bicyclic) bond motifs is 1. The normalized spacial score (nSPS) is 20.1. The molecule has 1 aromatic heterocycles. The van der Waals surface area contributed by atoms with Gasteiger partial charge in [-0.1, -0.05) is 35.3 Å². The number of hydrogen-bond acceptors (Lipinski definition) is 4. The number of carbonyl (C=O) groups is 2. The summed E-state index contributed by atoms with van der Waals surface area (Å²) in [5.41, 5.74) is 2.53. The van der Waals surface area contributed by atoms with Gasteiger partial charge in [0, 0.05) is 55.1 Å². The van der Waals surface area contributed by atoms with Gasteiger partial charge in [0.25, 0.3) is 5.91 Å². The van der Waals surface area contributed by atoms with Gasteiger partial charge >= 0.3 is 0 Å². The number of carbonyl (C=O) groups excluding carboxylic acids is 2. The van der Waals surface area contributed by atoms with Crippen molar-refractivity contribution in [3.05, 3.63) is 91.3 Å². The average Bonchev–Trinajstić information content (AvgIpc) is 3.35. The smallest absolute Gasteiger partial charge is 0.255 e. The third-order valence-corrected chi connectivity index (χ3v) is 8.79. The molecule has 9 heteroatoms. The zero-order valence-corrected chi connectivity index (χ0v) is 22.8. The second kappa shape index (κ2) is 11.1. The fourth-order valence-corrected chi connectivity index (χ4v) is 6.77. The standard InChI is InChI=1S/C28H28Cl2FN3O2S/c1-18-17-33(12-13-34(18)28(36)22-6-5-20(29)16-24(22)30)26(35)8-11-32-10-7-25-23(9-14-37-25)27(32)19-3-2-4-21(31)15-19/h2-6,9,14-16,18,27H,7-8,10-13,17H2,1H3/t18-,27-/m0/s1.